The normalized spacial score (nSPS) is 14.6. The lowest BCUT2D eigenvalue weighted by Crippen LogP contribution is -2.43. The third kappa shape index (κ3) is 4.65. The van der Waals surface area contributed by atoms with Gasteiger partial charge in [0.05, 0.1) is 18.6 Å². The number of amides is 1. The Bertz CT molecular complexity index is 1140. The molecule has 0 aliphatic carbocycles. The number of rotatable bonds is 6. The van der Waals surface area contributed by atoms with E-state index in [1.54, 1.807) is 47.4 Å². The number of nitrogens with zero attached hydrogens (tertiary/aromatic N) is 4. The monoisotopic (exact) mass is 424 g/mol. The molecule has 1 aliphatic heterocycles. The van der Waals surface area contributed by atoms with Crippen molar-refractivity contribution in [3.63, 3.8) is 0 Å². The summed E-state index contributed by atoms with van der Waals surface area (Å²) in [6.45, 7) is 4.09. The molecule has 2 heterocycles. The first-order chi connectivity index (χ1) is 15.0. The van der Waals surface area contributed by atoms with Gasteiger partial charge in [-0.1, -0.05) is 36.4 Å². The van der Waals surface area contributed by atoms with Gasteiger partial charge >= 0.3 is 0 Å². The number of morpholine rings is 1. The average Bonchev–Trinajstić information content (AvgIpc) is 2.80. The van der Waals surface area contributed by atoms with Crippen molar-refractivity contribution in [1.82, 2.24) is 19.6 Å². The summed E-state index contributed by atoms with van der Waals surface area (Å²) in [6, 6.07) is 13.4. The minimum absolute atomic E-state index is 0.120. The molecule has 1 saturated heterocycles. The molecule has 1 aromatic heterocycles. The van der Waals surface area contributed by atoms with Crippen molar-refractivity contribution in [1.29, 1.82) is 0 Å². The fourth-order valence-corrected chi connectivity index (χ4v) is 3.78. The van der Waals surface area contributed by atoms with E-state index in [1.807, 2.05) is 0 Å². The van der Waals surface area contributed by atoms with Crippen molar-refractivity contribution < 1.29 is 13.9 Å². The van der Waals surface area contributed by atoms with Crippen molar-refractivity contribution in [2.24, 2.45) is 7.05 Å². The minimum atomic E-state index is -0.357. The summed E-state index contributed by atoms with van der Waals surface area (Å²) in [6.07, 6.45) is 0. The molecule has 4 rings (SSSR count). The molecule has 0 saturated carbocycles. The molecule has 1 aliphatic rings. The molecule has 8 heteroatoms. The predicted octanol–water partition coefficient (Wildman–Crippen LogP) is 2.05. The fourth-order valence-electron chi connectivity index (χ4n) is 3.78. The number of fused-ring (bicyclic) bond motifs is 1. The van der Waals surface area contributed by atoms with Crippen LogP contribution in [0.2, 0.25) is 0 Å². The van der Waals surface area contributed by atoms with Gasteiger partial charge in [-0.05, 0) is 12.1 Å². The zero-order valence-corrected chi connectivity index (χ0v) is 17.5. The summed E-state index contributed by atoms with van der Waals surface area (Å²) in [5.41, 5.74) is 0.365. The third-order valence-corrected chi connectivity index (χ3v) is 5.56. The largest absolute Gasteiger partial charge is 0.379 e. The Morgan fingerprint density at radius 1 is 1.10 bits per heavy atom. The topological polar surface area (TPSA) is 67.7 Å². The molecule has 162 valence electrons. The summed E-state index contributed by atoms with van der Waals surface area (Å²) in [4.78, 5) is 29.9. The Hall–Kier alpha value is -3.10. The second kappa shape index (κ2) is 9.36. The fraction of sp³-hybridized carbons (Fsp3) is 0.348. The van der Waals surface area contributed by atoms with E-state index in [4.69, 9.17) is 4.74 Å². The van der Waals surface area contributed by atoms with Crippen molar-refractivity contribution >= 4 is 16.7 Å². The van der Waals surface area contributed by atoms with Crippen molar-refractivity contribution in [2.75, 3.05) is 39.4 Å². The average molecular weight is 424 g/mol. The van der Waals surface area contributed by atoms with Gasteiger partial charge in [0.15, 0.2) is 5.69 Å². The summed E-state index contributed by atoms with van der Waals surface area (Å²) in [5.74, 6) is -0.687. The van der Waals surface area contributed by atoms with Gasteiger partial charge < -0.3 is 9.64 Å². The first-order valence-electron chi connectivity index (χ1n) is 10.3. The highest BCUT2D eigenvalue weighted by molar-refractivity contribution is 6.04. The molecule has 31 heavy (non-hydrogen) atoms. The van der Waals surface area contributed by atoms with Gasteiger partial charge in [0.25, 0.3) is 11.5 Å². The van der Waals surface area contributed by atoms with Crippen LogP contribution >= 0.6 is 0 Å². The zero-order chi connectivity index (χ0) is 21.8. The molecule has 0 unspecified atom stereocenters. The SMILES string of the molecule is Cn1nc(C(=O)N(CCN2CCOCC2)Cc2ccccc2F)c2ccccc2c1=O. The van der Waals surface area contributed by atoms with E-state index < -0.39 is 0 Å². The molecule has 0 N–H and O–H groups in total. The second-order valence-corrected chi connectivity index (χ2v) is 7.60. The second-order valence-electron chi connectivity index (χ2n) is 7.60. The van der Waals surface area contributed by atoms with Crippen LogP contribution in [0, 0.1) is 5.82 Å². The van der Waals surface area contributed by atoms with Crippen LogP contribution in [0.4, 0.5) is 4.39 Å². The van der Waals surface area contributed by atoms with Crippen LogP contribution in [0.1, 0.15) is 16.1 Å². The first kappa shape index (κ1) is 21.1. The Morgan fingerprint density at radius 3 is 2.52 bits per heavy atom. The number of ether oxygens (including phenoxy) is 1. The highest BCUT2D eigenvalue weighted by atomic mass is 19.1. The first-order valence-corrected chi connectivity index (χ1v) is 10.3. The lowest BCUT2D eigenvalue weighted by molar-refractivity contribution is 0.0319. The number of benzene rings is 2. The molecule has 0 spiro atoms. The van der Waals surface area contributed by atoms with Crippen LogP contribution in [0.25, 0.3) is 10.8 Å². The van der Waals surface area contributed by atoms with Crippen LogP contribution in [-0.2, 0) is 18.3 Å². The van der Waals surface area contributed by atoms with E-state index in [0.29, 0.717) is 42.6 Å². The van der Waals surface area contributed by atoms with Gasteiger partial charge in [-0.2, -0.15) is 5.10 Å². The molecule has 1 amide bonds. The van der Waals surface area contributed by atoms with Crippen molar-refractivity contribution in [3.8, 4) is 0 Å². The number of carbonyl (C=O) groups excluding carboxylic acids is 1. The quantitative estimate of drug-likeness (QED) is 0.606. The maximum atomic E-state index is 14.4. The Morgan fingerprint density at radius 2 is 1.77 bits per heavy atom. The molecule has 1 fully saturated rings. The zero-order valence-electron chi connectivity index (χ0n) is 17.5. The molecular formula is C23H25FN4O3. The highest BCUT2D eigenvalue weighted by Gasteiger charge is 2.24. The molecule has 0 radical (unpaired) electrons. The van der Waals surface area contributed by atoms with Gasteiger partial charge in [-0.25, -0.2) is 9.07 Å². The van der Waals surface area contributed by atoms with E-state index in [1.165, 1.54) is 17.8 Å². The molecule has 0 bridgehead atoms. The van der Waals surface area contributed by atoms with E-state index in [-0.39, 0.29) is 29.5 Å². The molecule has 2 aromatic carbocycles. The maximum Gasteiger partial charge on any atom is 0.275 e. The van der Waals surface area contributed by atoms with Gasteiger partial charge in [-0.3, -0.25) is 14.5 Å². The lowest BCUT2D eigenvalue weighted by Gasteiger charge is -2.30. The predicted molar refractivity (Wildman–Crippen MR) is 115 cm³/mol. The minimum Gasteiger partial charge on any atom is -0.379 e. The van der Waals surface area contributed by atoms with Crippen LogP contribution in [0.15, 0.2) is 53.3 Å². The number of carbonyl (C=O) groups is 1. The number of aromatic nitrogens is 2. The van der Waals surface area contributed by atoms with Gasteiger partial charge in [0.1, 0.15) is 5.82 Å². The molecule has 7 nitrogen and oxygen atoms in total. The number of halogens is 1. The summed E-state index contributed by atoms with van der Waals surface area (Å²) in [5, 5.41) is 5.20. The van der Waals surface area contributed by atoms with Crippen LogP contribution in [-0.4, -0.2) is 64.9 Å². The van der Waals surface area contributed by atoms with Crippen molar-refractivity contribution in [2.45, 2.75) is 6.54 Å². The summed E-state index contributed by atoms with van der Waals surface area (Å²) in [7, 11) is 1.53. The Labute approximate surface area is 179 Å². The van der Waals surface area contributed by atoms with Crippen LogP contribution in [0.5, 0.6) is 0 Å². The highest BCUT2D eigenvalue weighted by Crippen LogP contribution is 2.18. The third-order valence-electron chi connectivity index (χ3n) is 5.56. The smallest absolute Gasteiger partial charge is 0.275 e. The summed E-state index contributed by atoms with van der Waals surface area (Å²) < 4.78 is 20.9. The summed E-state index contributed by atoms with van der Waals surface area (Å²) >= 11 is 0. The Balaban J connectivity index is 1.68. The van der Waals surface area contributed by atoms with Gasteiger partial charge in [-0.15, -0.1) is 0 Å². The van der Waals surface area contributed by atoms with Gasteiger partial charge in [0, 0.05) is 50.7 Å². The lowest BCUT2D eigenvalue weighted by atomic mass is 10.1. The molecule has 0 atom stereocenters. The number of hydrogen-bond acceptors (Lipinski definition) is 5. The van der Waals surface area contributed by atoms with E-state index >= 15 is 0 Å². The Kier molecular flexibility index (Phi) is 6.39. The van der Waals surface area contributed by atoms with E-state index in [0.717, 1.165) is 13.1 Å². The maximum absolute atomic E-state index is 14.4. The number of hydrogen-bond donors (Lipinski definition) is 0. The van der Waals surface area contributed by atoms with Gasteiger partial charge in [0.2, 0.25) is 0 Å². The van der Waals surface area contributed by atoms with Crippen molar-refractivity contribution in [3.05, 3.63) is 76.0 Å². The number of aryl methyl sites for hydroxylation is 1. The van der Waals surface area contributed by atoms with E-state index in [2.05, 4.69) is 10.00 Å². The molecular weight excluding hydrogens is 399 g/mol. The van der Waals surface area contributed by atoms with Crippen LogP contribution in [0.3, 0.4) is 0 Å². The van der Waals surface area contributed by atoms with E-state index in [9.17, 15) is 14.0 Å². The van der Waals surface area contributed by atoms with Crippen LogP contribution < -0.4 is 5.56 Å². The standard InChI is InChI=1S/C23H25FN4O3/c1-26-22(29)19-8-4-3-7-18(19)21(25-26)23(30)28(11-10-27-12-14-31-15-13-27)16-17-6-2-5-9-20(17)24/h2-9H,10-16H2,1H3. The molecule has 3 aromatic rings.